The van der Waals surface area contributed by atoms with Crippen LogP contribution in [-0.4, -0.2) is 15.0 Å². The van der Waals surface area contributed by atoms with E-state index >= 15 is 0 Å². The molecule has 2 heterocycles. The second-order valence-electron chi connectivity index (χ2n) is 3.77. The van der Waals surface area contributed by atoms with E-state index in [2.05, 4.69) is 41.5 Å². The number of fused-ring (bicyclic) bond motifs is 3. The van der Waals surface area contributed by atoms with Gasteiger partial charge in [-0.2, -0.15) is 0 Å². The molecular weight excluding hydrogens is 174 g/mol. The minimum Gasteiger partial charge on any atom is -0.242 e. The molecule has 0 radical (unpaired) electrons. The molecule has 1 unspecified atom stereocenters. The molecule has 2 aromatic rings. The lowest BCUT2D eigenvalue weighted by Gasteiger charge is -2.22. The lowest BCUT2D eigenvalue weighted by molar-refractivity contribution is 0.469. The molecule has 0 saturated carbocycles. The predicted octanol–water partition coefficient (Wildman–Crippen LogP) is 2.06. The highest BCUT2D eigenvalue weighted by Crippen LogP contribution is 2.32. The minimum atomic E-state index is 0.419. The first kappa shape index (κ1) is 7.74. The van der Waals surface area contributed by atoms with Crippen molar-refractivity contribution in [1.29, 1.82) is 0 Å². The number of hydrogen-bond acceptors (Lipinski definition) is 2. The van der Waals surface area contributed by atoms with Crippen molar-refractivity contribution >= 4 is 0 Å². The molecule has 3 rings (SSSR count). The van der Waals surface area contributed by atoms with Crippen LogP contribution in [0.1, 0.15) is 18.5 Å². The lowest BCUT2D eigenvalue weighted by atomic mass is 9.95. The maximum Gasteiger partial charge on any atom is 0.0891 e. The zero-order valence-electron chi connectivity index (χ0n) is 8.01. The maximum absolute atomic E-state index is 4.10. The highest BCUT2D eigenvalue weighted by atomic mass is 15.4. The zero-order chi connectivity index (χ0) is 9.54. The molecule has 3 heteroatoms. The van der Waals surface area contributed by atoms with Crippen LogP contribution in [0.2, 0.25) is 0 Å². The van der Waals surface area contributed by atoms with Gasteiger partial charge in [-0.05, 0) is 18.9 Å². The highest BCUT2D eigenvalue weighted by molar-refractivity contribution is 5.64. The summed E-state index contributed by atoms with van der Waals surface area (Å²) in [4.78, 5) is 0. The molecule has 3 nitrogen and oxygen atoms in total. The van der Waals surface area contributed by atoms with Gasteiger partial charge in [-0.1, -0.05) is 29.5 Å². The number of aromatic nitrogens is 3. The molecule has 0 bridgehead atoms. The number of nitrogens with zero attached hydrogens (tertiary/aromatic N) is 3. The van der Waals surface area contributed by atoms with Crippen LogP contribution in [0.5, 0.6) is 0 Å². The third kappa shape index (κ3) is 0.923. The number of benzene rings is 1. The van der Waals surface area contributed by atoms with Gasteiger partial charge in [0.15, 0.2) is 0 Å². The van der Waals surface area contributed by atoms with Gasteiger partial charge in [0, 0.05) is 5.56 Å². The van der Waals surface area contributed by atoms with Crippen LogP contribution in [0.25, 0.3) is 11.3 Å². The fourth-order valence-corrected chi connectivity index (χ4v) is 2.11. The molecule has 0 spiro atoms. The molecule has 1 aromatic heterocycles. The van der Waals surface area contributed by atoms with E-state index in [4.69, 9.17) is 0 Å². The summed E-state index contributed by atoms with van der Waals surface area (Å²) >= 11 is 0. The van der Waals surface area contributed by atoms with E-state index in [1.807, 2.05) is 10.9 Å². The van der Waals surface area contributed by atoms with E-state index in [0.29, 0.717) is 6.04 Å². The topological polar surface area (TPSA) is 30.7 Å². The van der Waals surface area contributed by atoms with Crippen LogP contribution >= 0.6 is 0 Å². The Balaban J connectivity index is 2.29. The smallest absolute Gasteiger partial charge is 0.0891 e. The standard InChI is InChI=1S/C11H11N3/c1-8-6-9-4-2-3-5-10(9)11-7-12-13-14(8)11/h2-5,7-8H,6H2,1H3. The molecule has 1 aliphatic rings. The molecule has 1 atom stereocenters. The lowest BCUT2D eigenvalue weighted by Crippen LogP contribution is -2.16. The molecule has 0 N–H and O–H groups in total. The predicted molar refractivity (Wildman–Crippen MR) is 53.9 cm³/mol. The first-order valence-corrected chi connectivity index (χ1v) is 4.85. The molecule has 0 fully saturated rings. The van der Waals surface area contributed by atoms with E-state index in [9.17, 15) is 0 Å². The summed E-state index contributed by atoms with van der Waals surface area (Å²) in [6.07, 6.45) is 2.89. The summed E-state index contributed by atoms with van der Waals surface area (Å²) in [7, 11) is 0. The Labute approximate surface area is 82.4 Å². The molecule has 1 aliphatic heterocycles. The summed E-state index contributed by atoms with van der Waals surface area (Å²) < 4.78 is 2.00. The van der Waals surface area contributed by atoms with Gasteiger partial charge in [0.05, 0.1) is 17.9 Å². The highest BCUT2D eigenvalue weighted by Gasteiger charge is 2.21. The number of rotatable bonds is 0. The SMILES string of the molecule is CC1Cc2ccccc2-c2cnnn21. The minimum absolute atomic E-state index is 0.419. The Morgan fingerprint density at radius 1 is 1.36 bits per heavy atom. The van der Waals surface area contributed by atoms with Gasteiger partial charge in [-0.15, -0.1) is 5.10 Å². The first-order valence-electron chi connectivity index (χ1n) is 4.85. The Bertz CT molecular complexity index is 473. The largest absolute Gasteiger partial charge is 0.242 e. The van der Waals surface area contributed by atoms with E-state index in [-0.39, 0.29) is 0 Å². The van der Waals surface area contributed by atoms with Gasteiger partial charge in [0.2, 0.25) is 0 Å². The number of hydrogen-bond donors (Lipinski definition) is 0. The summed E-state index contributed by atoms with van der Waals surface area (Å²) in [6, 6.07) is 8.89. The maximum atomic E-state index is 4.10. The molecule has 1 aromatic carbocycles. The van der Waals surface area contributed by atoms with Crippen molar-refractivity contribution in [1.82, 2.24) is 15.0 Å². The molecule has 70 valence electrons. The average molecular weight is 185 g/mol. The molecule has 0 saturated heterocycles. The Hall–Kier alpha value is -1.64. The summed E-state index contributed by atoms with van der Waals surface area (Å²) in [5.41, 5.74) is 3.81. The van der Waals surface area contributed by atoms with Gasteiger partial charge in [0.25, 0.3) is 0 Å². The van der Waals surface area contributed by atoms with E-state index < -0.39 is 0 Å². The summed E-state index contributed by atoms with van der Waals surface area (Å²) in [5, 5.41) is 8.07. The van der Waals surface area contributed by atoms with Crippen molar-refractivity contribution in [2.24, 2.45) is 0 Å². The van der Waals surface area contributed by atoms with Crippen molar-refractivity contribution < 1.29 is 0 Å². The van der Waals surface area contributed by atoms with Crippen molar-refractivity contribution in [3.05, 3.63) is 36.0 Å². The van der Waals surface area contributed by atoms with Crippen LogP contribution in [-0.2, 0) is 6.42 Å². The van der Waals surface area contributed by atoms with Crippen molar-refractivity contribution in [3.8, 4) is 11.3 Å². The normalized spacial score (nSPS) is 18.8. The summed E-state index contributed by atoms with van der Waals surface area (Å²) in [5.74, 6) is 0. The van der Waals surface area contributed by atoms with Crippen LogP contribution in [0.4, 0.5) is 0 Å². The molecule has 0 aliphatic carbocycles. The molecule has 14 heavy (non-hydrogen) atoms. The molecule has 0 amide bonds. The third-order valence-corrected chi connectivity index (χ3v) is 2.80. The van der Waals surface area contributed by atoms with Gasteiger partial charge in [0.1, 0.15) is 0 Å². The van der Waals surface area contributed by atoms with Crippen molar-refractivity contribution in [3.63, 3.8) is 0 Å². The fourth-order valence-electron chi connectivity index (χ4n) is 2.11. The van der Waals surface area contributed by atoms with Crippen LogP contribution in [0.3, 0.4) is 0 Å². The average Bonchev–Trinajstić information content (AvgIpc) is 2.67. The van der Waals surface area contributed by atoms with Crippen molar-refractivity contribution in [2.45, 2.75) is 19.4 Å². The third-order valence-electron chi connectivity index (χ3n) is 2.80. The van der Waals surface area contributed by atoms with Gasteiger partial charge in [-0.3, -0.25) is 0 Å². The first-order chi connectivity index (χ1) is 6.86. The Morgan fingerprint density at radius 3 is 3.14 bits per heavy atom. The molecular formula is C11H11N3. The van der Waals surface area contributed by atoms with Crippen LogP contribution in [0.15, 0.2) is 30.5 Å². The van der Waals surface area contributed by atoms with Crippen molar-refractivity contribution in [2.75, 3.05) is 0 Å². The van der Waals surface area contributed by atoms with Gasteiger partial charge >= 0.3 is 0 Å². The van der Waals surface area contributed by atoms with E-state index in [1.165, 1.54) is 11.1 Å². The Kier molecular flexibility index (Phi) is 1.48. The van der Waals surface area contributed by atoms with Gasteiger partial charge < -0.3 is 0 Å². The quantitative estimate of drug-likeness (QED) is 0.629. The zero-order valence-corrected chi connectivity index (χ0v) is 8.01. The Morgan fingerprint density at radius 2 is 2.21 bits per heavy atom. The fraction of sp³-hybridized carbons (Fsp3) is 0.273. The second kappa shape index (κ2) is 2.67. The summed E-state index contributed by atoms with van der Waals surface area (Å²) in [6.45, 7) is 2.17. The van der Waals surface area contributed by atoms with Gasteiger partial charge in [-0.25, -0.2) is 4.68 Å². The second-order valence-corrected chi connectivity index (χ2v) is 3.77. The monoisotopic (exact) mass is 185 g/mol. The van der Waals surface area contributed by atoms with Crippen LogP contribution < -0.4 is 0 Å². The van der Waals surface area contributed by atoms with E-state index in [0.717, 1.165) is 12.1 Å². The van der Waals surface area contributed by atoms with E-state index in [1.54, 1.807) is 0 Å². The van der Waals surface area contributed by atoms with Crippen LogP contribution in [0, 0.1) is 0 Å².